The molecule has 0 radical (unpaired) electrons. The Bertz CT molecular complexity index is 357. The van der Waals surface area contributed by atoms with Crippen molar-refractivity contribution in [2.24, 2.45) is 7.05 Å². The highest BCUT2D eigenvalue weighted by atomic mass is 19.4. The zero-order valence-corrected chi connectivity index (χ0v) is 6.80. The average molecular weight is 212 g/mol. The zero-order valence-electron chi connectivity index (χ0n) is 6.80. The zero-order chi connectivity index (χ0) is 10.9. The molecule has 0 bridgehead atoms. The van der Waals surface area contributed by atoms with E-state index in [0.717, 1.165) is 7.05 Å². The molecule has 14 heavy (non-hydrogen) atoms. The Morgan fingerprint density at radius 1 is 1.50 bits per heavy atom. The number of carbonyl (C=O) groups is 1. The molecule has 4 nitrogen and oxygen atoms in total. The lowest BCUT2D eigenvalue weighted by Gasteiger charge is -2.02. The van der Waals surface area contributed by atoms with Crippen molar-refractivity contribution < 1.29 is 27.1 Å². The molecule has 0 atom stereocenters. The van der Waals surface area contributed by atoms with Crippen LogP contribution in [0, 0.1) is 5.95 Å². The first kappa shape index (κ1) is 10.5. The summed E-state index contributed by atoms with van der Waals surface area (Å²) < 4.78 is 53.4. The van der Waals surface area contributed by atoms with Gasteiger partial charge in [0.05, 0.1) is 0 Å². The number of ether oxygens (including phenoxy) is 1. The van der Waals surface area contributed by atoms with E-state index in [1.807, 2.05) is 0 Å². The second kappa shape index (κ2) is 3.28. The van der Waals surface area contributed by atoms with Crippen molar-refractivity contribution in [2.75, 3.05) is 0 Å². The fourth-order valence-corrected chi connectivity index (χ4v) is 0.822. The minimum Gasteiger partial charge on any atom is -0.421 e. The normalized spacial score (nSPS) is 11.5. The summed E-state index contributed by atoms with van der Waals surface area (Å²) in [4.78, 5) is 9.82. The maximum Gasteiger partial charge on any atom is 0.439 e. The highest BCUT2D eigenvalue weighted by Gasteiger charge is 2.40. The summed E-state index contributed by atoms with van der Waals surface area (Å²) in [5.74, 6) is -2.57. The van der Waals surface area contributed by atoms with Crippen LogP contribution in [0.15, 0.2) is 0 Å². The molecule has 78 valence electrons. The molecule has 0 aromatic carbocycles. The molecule has 8 heteroatoms. The fourth-order valence-electron chi connectivity index (χ4n) is 0.822. The van der Waals surface area contributed by atoms with E-state index < -0.39 is 23.6 Å². The predicted octanol–water partition coefficient (Wildman–Crippen LogP) is 1.11. The lowest BCUT2D eigenvalue weighted by atomic mass is 10.4. The lowest BCUT2D eigenvalue weighted by molar-refractivity contribution is -0.143. The van der Waals surface area contributed by atoms with Gasteiger partial charge >= 0.3 is 6.18 Å². The van der Waals surface area contributed by atoms with E-state index in [4.69, 9.17) is 0 Å². The Hall–Kier alpha value is -1.60. The van der Waals surface area contributed by atoms with Gasteiger partial charge in [0, 0.05) is 7.05 Å². The Labute approximate surface area is 75.1 Å². The van der Waals surface area contributed by atoms with E-state index >= 15 is 0 Å². The molecule has 0 aliphatic rings. The molecule has 0 saturated carbocycles. The van der Waals surface area contributed by atoms with Gasteiger partial charge in [0.25, 0.3) is 12.4 Å². The maximum absolute atomic E-state index is 12.9. The summed E-state index contributed by atoms with van der Waals surface area (Å²) in [6.45, 7) is -0.296. The van der Waals surface area contributed by atoms with Crippen LogP contribution in [0.5, 0.6) is 5.75 Å². The molecule has 1 heterocycles. The monoisotopic (exact) mass is 212 g/mol. The molecule has 0 aliphatic carbocycles. The van der Waals surface area contributed by atoms with Crippen LogP contribution >= 0.6 is 0 Å². The van der Waals surface area contributed by atoms with E-state index in [1.54, 1.807) is 0 Å². The van der Waals surface area contributed by atoms with Crippen LogP contribution < -0.4 is 4.74 Å². The molecular weight excluding hydrogens is 208 g/mol. The molecule has 0 aliphatic heterocycles. The van der Waals surface area contributed by atoms with E-state index in [1.165, 1.54) is 0 Å². The average Bonchev–Trinajstić information content (AvgIpc) is 2.32. The highest BCUT2D eigenvalue weighted by molar-refractivity contribution is 5.46. The topological polar surface area (TPSA) is 44.1 Å². The van der Waals surface area contributed by atoms with Crippen LogP contribution in [0.1, 0.15) is 5.69 Å². The molecule has 1 aromatic heterocycles. The SMILES string of the molecule is Cn1nc(C(F)(F)F)c(OC=O)c1F. The van der Waals surface area contributed by atoms with Crippen LogP contribution in [-0.2, 0) is 18.0 Å². The molecule has 1 aromatic rings. The van der Waals surface area contributed by atoms with Gasteiger partial charge < -0.3 is 4.74 Å². The number of aromatic nitrogens is 2. The number of aryl methyl sites for hydroxylation is 1. The molecule has 1 rings (SSSR count). The van der Waals surface area contributed by atoms with Crippen LogP contribution in [0.3, 0.4) is 0 Å². The molecule has 0 spiro atoms. The molecule has 0 fully saturated rings. The fraction of sp³-hybridized carbons (Fsp3) is 0.333. The number of nitrogens with zero attached hydrogens (tertiary/aromatic N) is 2. The van der Waals surface area contributed by atoms with Gasteiger partial charge in [-0.25, -0.2) is 4.68 Å². The molecule has 0 saturated heterocycles. The van der Waals surface area contributed by atoms with Gasteiger partial charge in [-0.1, -0.05) is 0 Å². The molecule has 0 amide bonds. The Balaban J connectivity index is 3.29. The van der Waals surface area contributed by atoms with Gasteiger partial charge in [-0.05, 0) is 0 Å². The summed E-state index contributed by atoms with van der Waals surface area (Å²) in [6, 6.07) is 0. The Kier molecular flexibility index (Phi) is 2.45. The first-order chi connectivity index (χ1) is 6.38. The summed E-state index contributed by atoms with van der Waals surface area (Å²) >= 11 is 0. The third-order valence-corrected chi connectivity index (χ3v) is 1.37. The molecular formula is C6H4F4N2O2. The number of halogens is 4. The van der Waals surface area contributed by atoms with Crippen LogP contribution in [-0.4, -0.2) is 16.3 Å². The minimum atomic E-state index is -4.86. The van der Waals surface area contributed by atoms with Crippen molar-refractivity contribution in [3.05, 3.63) is 11.6 Å². The van der Waals surface area contributed by atoms with E-state index in [2.05, 4.69) is 9.84 Å². The van der Waals surface area contributed by atoms with Gasteiger partial charge in [0.2, 0.25) is 11.4 Å². The number of carbonyl (C=O) groups excluding carboxylic acids is 1. The summed E-state index contributed by atoms with van der Waals surface area (Å²) in [5, 5.41) is 2.83. The Morgan fingerprint density at radius 2 is 2.07 bits per heavy atom. The smallest absolute Gasteiger partial charge is 0.421 e. The largest absolute Gasteiger partial charge is 0.439 e. The van der Waals surface area contributed by atoms with E-state index in [-0.39, 0.29) is 6.47 Å². The minimum absolute atomic E-state index is 0.296. The number of hydrogen-bond donors (Lipinski definition) is 0. The van der Waals surface area contributed by atoms with Crippen molar-refractivity contribution in [2.45, 2.75) is 6.18 Å². The van der Waals surface area contributed by atoms with Crippen molar-refractivity contribution >= 4 is 6.47 Å². The number of alkyl halides is 3. The standard InChI is InChI=1S/C6H4F4N2O2/c1-12-5(7)3(14-2-13)4(11-12)6(8,9)10/h2H,1H3. The van der Waals surface area contributed by atoms with Crippen molar-refractivity contribution in [3.63, 3.8) is 0 Å². The van der Waals surface area contributed by atoms with Gasteiger partial charge in [0.15, 0.2) is 0 Å². The molecule has 0 N–H and O–H groups in total. The van der Waals surface area contributed by atoms with Crippen LogP contribution in [0.4, 0.5) is 17.6 Å². The van der Waals surface area contributed by atoms with Crippen molar-refractivity contribution in [1.29, 1.82) is 0 Å². The van der Waals surface area contributed by atoms with Gasteiger partial charge in [-0.3, -0.25) is 4.79 Å². The summed E-state index contributed by atoms with van der Waals surface area (Å²) in [7, 11) is 0.961. The van der Waals surface area contributed by atoms with Crippen molar-refractivity contribution in [1.82, 2.24) is 9.78 Å². The second-order valence-electron chi connectivity index (χ2n) is 2.30. The third kappa shape index (κ3) is 1.68. The van der Waals surface area contributed by atoms with Crippen molar-refractivity contribution in [3.8, 4) is 5.75 Å². The molecule has 0 unspecified atom stereocenters. The summed E-state index contributed by atoms with van der Waals surface area (Å²) in [6.07, 6.45) is -4.86. The second-order valence-corrected chi connectivity index (χ2v) is 2.30. The van der Waals surface area contributed by atoms with Gasteiger partial charge in [0.1, 0.15) is 0 Å². The van der Waals surface area contributed by atoms with E-state index in [9.17, 15) is 22.4 Å². The highest BCUT2D eigenvalue weighted by Crippen LogP contribution is 2.36. The van der Waals surface area contributed by atoms with Crippen LogP contribution in [0.25, 0.3) is 0 Å². The van der Waals surface area contributed by atoms with Gasteiger partial charge in [-0.2, -0.15) is 22.7 Å². The van der Waals surface area contributed by atoms with Gasteiger partial charge in [-0.15, -0.1) is 0 Å². The Morgan fingerprint density at radius 3 is 2.50 bits per heavy atom. The van der Waals surface area contributed by atoms with E-state index in [0.29, 0.717) is 4.68 Å². The first-order valence-electron chi connectivity index (χ1n) is 3.28. The lowest BCUT2D eigenvalue weighted by Crippen LogP contribution is -2.08. The number of hydrogen-bond acceptors (Lipinski definition) is 3. The van der Waals surface area contributed by atoms with Crippen LogP contribution in [0.2, 0.25) is 0 Å². The maximum atomic E-state index is 12.9. The summed E-state index contributed by atoms with van der Waals surface area (Å²) in [5.41, 5.74) is -1.57. The third-order valence-electron chi connectivity index (χ3n) is 1.37. The predicted molar refractivity (Wildman–Crippen MR) is 34.9 cm³/mol. The quantitative estimate of drug-likeness (QED) is 0.544. The first-order valence-corrected chi connectivity index (χ1v) is 3.28. The number of rotatable bonds is 2.